The highest BCUT2D eigenvalue weighted by Gasteiger charge is 2.38. The largest absolute Gasteiger partial charge is 0.493 e. The number of carbonyl (C=O) groups is 2. The summed E-state index contributed by atoms with van der Waals surface area (Å²) in [5, 5.41) is 3.05. The third kappa shape index (κ3) is 6.24. The van der Waals surface area contributed by atoms with Crippen LogP contribution in [0.3, 0.4) is 0 Å². The van der Waals surface area contributed by atoms with Crippen molar-refractivity contribution in [3.05, 3.63) is 30.3 Å². The lowest BCUT2D eigenvalue weighted by molar-refractivity contribution is -0.142. The van der Waals surface area contributed by atoms with E-state index in [1.165, 1.54) is 20.0 Å². The van der Waals surface area contributed by atoms with Crippen LogP contribution in [0, 0.1) is 5.92 Å². The first kappa shape index (κ1) is 19.7. The summed E-state index contributed by atoms with van der Waals surface area (Å²) < 4.78 is 10.4. The van der Waals surface area contributed by atoms with Crippen LogP contribution in [-0.2, 0) is 14.3 Å². The molecule has 3 rings (SSSR count). The van der Waals surface area contributed by atoms with Gasteiger partial charge in [0.15, 0.2) is 0 Å². The molecule has 1 saturated carbocycles. The van der Waals surface area contributed by atoms with Crippen LogP contribution < -0.4 is 10.1 Å². The van der Waals surface area contributed by atoms with Crippen LogP contribution >= 0.6 is 0 Å². The number of hydrogen-bond acceptors (Lipinski definition) is 5. The average Bonchev–Trinajstić information content (AvgIpc) is 3.43. The molecule has 1 aromatic carbocycles. The molecular formula is C21H30N2O4. The standard InChI is InChI=1S/C21H30N2O4/c1-26-21(25)13-17-9-10-18(23(17)15-16-7-8-16)14-22-20(24)11-12-27-19-5-3-2-4-6-19/h2-6,16-18H,7-15H2,1H3,(H,22,24)/t17-,18+/m1/s1. The molecule has 6 nitrogen and oxygen atoms in total. The molecule has 0 spiro atoms. The highest BCUT2D eigenvalue weighted by molar-refractivity contribution is 5.76. The number of para-hydroxylation sites is 1. The Labute approximate surface area is 161 Å². The molecular weight excluding hydrogens is 344 g/mol. The normalized spacial score (nSPS) is 22.4. The van der Waals surface area contributed by atoms with Gasteiger partial charge >= 0.3 is 5.97 Å². The maximum atomic E-state index is 12.2. The monoisotopic (exact) mass is 374 g/mol. The number of benzene rings is 1. The summed E-state index contributed by atoms with van der Waals surface area (Å²) in [5.41, 5.74) is 0. The molecule has 1 aromatic rings. The molecule has 148 valence electrons. The summed E-state index contributed by atoms with van der Waals surface area (Å²) in [7, 11) is 1.44. The fourth-order valence-electron chi connectivity index (χ4n) is 3.72. The molecule has 1 aliphatic carbocycles. The van der Waals surface area contributed by atoms with E-state index in [1.807, 2.05) is 30.3 Å². The fourth-order valence-corrected chi connectivity index (χ4v) is 3.72. The summed E-state index contributed by atoms with van der Waals surface area (Å²) in [4.78, 5) is 26.3. The molecule has 2 fully saturated rings. The van der Waals surface area contributed by atoms with E-state index in [1.54, 1.807) is 0 Å². The number of nitrogens with zero attached hydrogens (tertiary/aromatic N) is 1. The topological polar surface area (TPSA) is 67.9 Å². The predicted molar refractivity (Wildman–Crippen MR) is 102 cm³/mol. The van der Waals surface area contributed by atoms with Crippen LogP contribution in [-0.4, -0.2) is 55.7 Å². The van der Waals surface area contributed by atoms with Gasteiger partial charge < -0.3 is 14.8 Å². The van der Waals surface area contributed by atoms with Gasteiger partial charge in [0.1, 0.15) is 5.75 Å². The van der Waals surface area contributed by atoms with E-state index in [0.29, 0.717) is 32.0 Å². The van der Waals surface area contributed by atoms with Gasteiger partial charge in [-0.15, -0.1) is 0 Å². The van der Waals surface area contributed by atoms with Gasteiger partial charge in [-0.1, -0.05) is 18.2 Å². The Balaban J connectivity index is 1.41. The van der Waals surface area contributed by atoms with Gasteiger partial charge in [0.25, 0.3) is 0 Å². The van der Waals surface area contributed by atoms with E-state index in [4.69, 9.17) is 9.47 Å². The van der Waals surface area contributed by atoms with E-state index < -0.39 is 0 Å². The van der Waals surface area contributed by atoms with Crippen molar-refractivity contribution in [2.24, 2.45) is 5.92 Å². The second-order valence-corrected chi connectivity index (χ2v) is 7.52. The molecule has 1 saturated heterocycles. The molecule has 0 radical (unpaired) electrons. The molecule has 27 heavy (non-hydrogen) atoms. The van der Waals surface area contributed by atoms with E-state index in [9.17, 15) is 9.59 Å². The van der Waals surface area contributed by atoms with Crippen molar-refractivity contribution < 1.29 is 19.1 Å². The Morgan fingerprint density at radius 2 is 1.85 bits per heavy atom. The average molecular weight is 374 g/mol. The predicted octanol–water partition coefficient (Wildman–Crippen LogP) is 2.38. The number of likely N-dealkylation sites (tertiary alicyclic amines) is 1. The lowest BCUT2D eigenvalue weighted by Crippen LogP contribution is -2.45. The zero-order chi connectivity index (χ0) is 19.1. The Morgan fingerprint density at radius 1 is 1.11 bits per heavy atom. The van der Waals surface area contributed by atoms with Gasteiger partial charge in [-0.05, 0) is 43.7 Å². The number of ether oxygens (including phenoxy) is 2. The quantitative estimate of drug-likeness (QED) is 0.637. The summed E-state index contributed by atoms with van der Waals surface area (Å²) in [6.07, 6.45) is 5.33. The molecule has 1 N–H and O–H groups in total. The van der Waals surface area contributed by atoms with E-state index in [2.05, 4.69) is 10.2 Å². The molecule has 0 aromatic heterocycles. The van der Waals surface area contributed by atoms with Gasteiger partial charge in [0.2, 0.25) is 5.91 Å². The number of carbonyl (C=O) groups excluding carboxylic acids is 2. The van der Waals surface area contributed by atoms with Gasteiger partial charge in [0.05, 0.1) is 26.6 Å². The first-order valence-corrected chi connectivity index (χ1v) is 9.93. The molecule has 2 aliphatic rings. The molecule has 2 atom stereocenters. The van der Waals surface area contributed by atoms with Crippen LogP contribution in [0.5, 0.6) is 5.75 Å². The molecule has 6 heteroatoms. The van der Waals surface area contributed by atoms with Gasteiger partial charge in [-0.3, -0.25) is 14.5 Å². The van der Waals surface area contributed by atoms with Crippen LogP contribution in [0.4, 0.5) is 0 Å². The van der Waals surface area contributed by atoms with Crippen molar-refractivity contribution in [1.29, 1.82) is 0 Å². The summed E-state index contributed by atoms with van der Waals surface area (Å²) in [6, 6.07) is 10.1. The maximum absolute atomic E-state index is 12.2. The van der Waals surface area contributed by atoms with E-state index in [-0.39, 0.29) is 17.9 Å². The molecule has 1 aliphatic heterocycles. The second kappa shape index (κ2) is 9.74. The minimum absolute atomic E-state index is 0.00807. The lowest BCUT2D eigenvalue weighted by atomic mass is 10.1. The first-order chi connectivity index (χ1) is 13.2. The van der Waals surface area contributed by atoms with Gasteiger partial charge in [-0.25, -0.2) is 0 Å². The van der Waals surface area contributed by atoms with E-state index >= 15 is 0 Å². The first-order valence-electron chi connectivity index (χ1n) is 9.93. The van der Waals surface area contributed by atoms with Crippen LogP contribution in [0.2, 0.25) is 0 Å². The maximum Gasteiger partial charge on any atom is 0.307 e. The lowest BCUT2D eigenvalue weighted by Gasteiger charge is -2.30. The number of hydrogen-bond donors (Lipinski definition) is 1. The van der Waals surface area contributed by atoms with Crippen molar-refractivity contribution in [3.63, 3.8) is 0 Å². The highest BCUT2D eigenvalue weighted by Crippen LogP contribution is 2.35. The van der Waals surface area contributed by atoms with E-state index in [0.717, 1.165) is 31.1 Å². The zero-order valence-electron chi connectivity index (χ0n) is 16.1. The number of rotatable bonds is 10. The minimum atomic E-state index is -0.149. The smallest absolute Gasteiger partial charge is 0.307 e. The number of amides is 1. The molecule has 0 bridgehead atoms. The SMILES string of the molecule is COC(=O)C[C@H]1CC[C@@H](CNC(=O)CCOc2ccccc2)N1CC1CC1. The number of esters is 1. The summed E-state index contributed by atoms with van der Waals surface area (Å²) >= 11 is 0. The van der Waals surface area contributed by atoms with Gasteiger partial charge in [0, 0.05) is 25.2 Å². The Hall–Kier alpha value is -2.08. The second-order valence-electron chi connectivity index (χ2n) is 7.52. The van der Waals surface area contributed by atoms with Crippen molar-refractivity contribution in [2.75, 3.05) is 26.8 Å². The number of methoxy groups -OCH3 is 1. The minimum Gasteiger partial charge on any atom is -0.493 e. The fraction of sp³-hybridized carbons (Fsp3) is 0.619. The summed E-state index contributed by atoms with van der Waals surface area (Å²) in [5.74, 6) is 1.39. The van der Waals surface area contributed by atoms with Crippen molar-refractivity contribution in [3.8, 4) is 5.75 Å². The van der Waals surface area contributed by atoms with Crippen molar-refractivity contribution >= 4 is 11.9 Å². The van der Waals surface area contributed by atoms with Crippen molar-refractivity contribution in [2.45, 2.75) is 50.6 Å². The zero-order valence-corrected chi connectivity index (χ0v) is 16.1. The summed E-state index contributed by atoms with van der Waals surface area (Å²) in [6.45, 7) is 2.03. The Kier molecular flexibility index (Phi) is 7.10. The third-order valence-electron chi connectivity index (χ3n) is 5.44. The molecule has 0 unspecified atom stereocenters. The third-order valence-corrected chi connectivity index (χ3v) is 5.44. The van der Waals surface area contributed by atoms with Crippen molar-refractivity contribution in [1.82, 2.24) is 10.2 Å². The van der Waals surface area contributed by atoms with Gasteiger partial charge in [-0.2, -0.15) is 0 Å². The van der Waals surface area contributed by atoms with Crippen LogP contribution in [0.1, 0.15) is 38.5 Å². The number of nitrogens with one attached hydrogen (secondary N) is 1. The molecule has 1 amide bonds. The highest BCUT2D eigenvalue weighted by atomic mass is 16.5. The van der Waals surface area contributed by atoms with Crippen LogP contribution in [0.15, 0.2) is 30.3 Å². The molecule has 1 heterocycles. The Morgan fingerprint density at radius 3 is 2.56 bits per heavy atom. The van der Waals surface area contributed by atoms with Crippen LogP contribution in [0.25, 0.3) is 0 Å². The Bertz CT molecular complexity index is 618.